The maximum absolute atomic E-state index is 13.9. The highest BCUT2D eigenvalue weighted by Gasteiger charge is 2.37. The van der Waals surface area contributed by atoms with Crippen LogP contribution in [-0.4, -0.2) is 34.5 Å². The number of nitrogens with zero attached hydrogens (tertiary/aromatic N) is 1. The summed E-state index contributed by atoms with van der Waals surface area (Å²) < 4.78 is 5.39. The summed E-state index contributed by atoms with van der Waals surface area (Å²) in [6.45, 7) is 13.1. The maximum Gasteiger partial charge on any atom is 0.408 e. The number of benzene rings is 2. The highest BCUT2D eigenvalue weighted by molar-refractivity contribution is 5.93. The van der Waals surface area contributed by atoms with E-state index in [0.717, 1.165) is 21.6 Å². The summed E-state index contributed by atoms with van der Waals surface area (Å²) in [5, 5.41) is 5.60. The van der Waals surface area contributed by atoms with Crippen molar-refractivity contribution in [3.05, 3.63) is 70.8 Å². The van der Waals surface area contributed by atoms with E-state index in [4.69, 9.17) is 11.2 Å². The number of carbonyl (C=O) groups is 3. The molecule has 2 aromatic carbocycles. The normalized spacial score (nSPS) is 13.5. The van der Waals surface area contributed by atoms with Crippen molar-refractivity contribution in [1.29, 1.82) is 0 Å². The van der Waals surface area contributed by atoms with Crippen LogP contribution in [0.3, 0.4) is 0 Å². The molecule has 0 aromatic heterocycles. The third kappa shape index (κ3) is 8.68. The van der Waals surface area contributed by atoms with Crippen LogP contribution < -0.4 is 10.6 Å². The highest BCUT2D eigenvalue weighted by atomic mass is 16.6. The van der Waals surface area contributed by atoms with E-state index in [1.54, 1.807) is 20.8 Å². The van der Waals surface area contributed by atoms with Crippen LogP contribution >= 0.6 is 0 Å². The highest BCUT2D eigenvalue weighted by Crippen LogP contribution is 2.26. The van der Waals surface area contributed by atoms with Crippen molar-refractivity contribution in [2.75, 3.05) is 0 Å². The van der Waals surface area contributed by atoms with E-state index >= 15 is 0 Å². The average Bonchev–Trinajstić information content (AvgIpc) is 2.82. The number of hydrogen-bond acceptors (Lipinski definition) is 4. The molecular weight excluding hydrogens is 466 g/mol. The number of carbonyl (C=O) groups excluding carboxylic acids is 3. The lowest BCUT2D eigenvalue weighted by atomic mass is 9.95. The zero-order valence-electron chi connectivity index (χ0n) is 22.9. The van der Waals surface area contributed by atoms with Crippen molar-refractivity contribution in [1.82, 2.24) is 15.5 Å². The molecule has 7 heteroatoms. The minimum atomic E-state index is -1.09. The van der Waals surface area contributed by atoms with Crippen LogP contribution in [0.5, 0.6) is 0 Å². The van der Waals surface area contributed by atoms with Crippen LogP contribution in [0.15, 0.2) is 48.5 Å². The zero-order chi connectivity index (χ0) is 27.8. The van der Waals surface area contributed by atoms with Crippen molar-refractivity contribution in [2.45, 2.75) is 79.1 Å². The summed E-state index contributed by atoms with van der Waals surface area (Å²) in [5.41, 5.74) is 2.64. The molecule has 0 radical (unpaired) electrons. The van der Waals surface area contributed by atoms with Gasteiger partial charge in [0, 0.05) is 12.6 Å². The molecule has 0 heterocycles. The minimum Gasteiger partial charge on any atom is -0.444 e. The number of hydrogen-bond donors (Lipinski definition) is 2. The molecule has 0 spiro atoms. The molecule has 0 aliphatic rings. The Kier molecular flexibility index (Phi) is 10.3. The molecule has 0 saturated carbocycles. The van der Waals surface area contributed by atoms with Crippen molar-refractivity contribution in [2.24, 2.45) is 5.92 Å². The Morgan fingerprint density at radius 3 is 2.16 bits per heavy atom. The van der Waals surface area contributed by atoms with Crippen molar-refractivity contribution in [3.8, 4) is 12.5 Å². The monoisotopic (exact) mass is 505 g/mol. The van der Waals surface area contributed by atoms with Crippen molar-refractivity contribution >= 4 is 17.9 Å². The van der Waals surface area contributed by atoms with Gasteiger partial charge >= 0.3 is 6.09 Å². The Labute approximate surface area is 221 Å². The Hall–Kier alpha value is -3.79. The van der Waals surface area contributed by atoms with Crippen LogP contribution in [0.2, 0.25) is 0 Å². The summed E-state index contributed by atoms with van der Waals surface area (Å²) in [6.07, 6.45) is 5.75. The number of ether oxygens (including phenoxy) is 1. The van der Waals surface area contributed by atoms with Gasteiger partial charge in [0.1, 0.15) is 17.7 Å². The molecule has 0 fully saturated rings. The molecule has 0 aliphatic carbocycles. The quantitative estimate of drug-likeness (QED) is 0.370. The molecule has 37 heavy (non-hydrogen) atoms. The van der Waals surface area contributed by atoms with Gasteiger partial charge in [0.15, 0.2) is 0 Å². The lowest BCUT2D eigenvalue weighted by molar-refractivity contribution is -0.139. The summed E-state index contributed by atoms with van der Waals surface area (Å²) in [4.78, 5) is 41.2. The zero-order valence-corrected chi connectivity index (χ0v) is 22.9. The Morgan fingerprint density at radius 1 is 1.05 bits per heavy atom. The van der Waals surface area contributed by atoms with Gasteiger partial charge in [0.2, 0.25) is 5.91 Å². The minimum absolute atomic E-state index is 0.261. The number of rotatable bonds is 9. The van der Waals surface area contributed by atoms with Gasteiger partial charge in [-0.25, -0.2) is 4.79 Å². The van der Waals surface area contributed by atoms with Crippen molar-refractivity contribution in [3.63, 3.8) is 0 Å². The fraction of sp³-hybridized carbons (Fsp3) is 0.433. The van der Waals surface area contributed by atoms with Crippen LogP contribution in [0.1, 0.15) is 69.3 Å². The lowest BCUT2D eigenvalue weighted by Gasteiger charge is -2.32. The van der Waals surface area contributed by atoms with Gasteiger partial charge in [-0.1, -0.05) is 86.3 Å². The molecule has 3 amide bonds. The molecule has 0 aliphatic heterocycles. The second-order valence-corrected chi connectivity index (χ2v) is 10.4. The second kappa shape index (κ2) is 13.0. The number of terminal acetylenes is 1. The fourth-order valence-corrected chi connectivity index (χ4v) is 4.00. The molecule has 2 rings (SSSR count). The molecule has 0 bridgehead atoms. The second-order valence-electron chi connectivity index (χ2n) is 10.4. The number of nitrogens with one attached hydrogen (secondary N) is 2. The molecule has 3 unspecified atom stereocenters. The number of aryl methyl sites for hydroxylation is 2. The van der Waals surface area contributed by atoms with Crippen LogP contribution in [0, 0.1) is 32.2 Å². The van der Waals surface area contributed by atoms with Crippen LogP contribution in [0.4, 0.5) is 4.79 Å². The predicted molar refractivity (Wildman–Crippen MR) is 145 cm³/mol. The van der Waals surface area contributed by atoms with E-state index in [2.05, 4.69) is 16.7 Å². The third-order valence-corrected chi connectivity index (χ3v) is 5.90. The molecule has 3 atom stereocenters. The van der Waals surface area contributed by atoms with Gasteiger partial charge in [-0.3, -0.25) is 14.5 Å². The largest absolute Gasteiger partial charge is 0.444 e. The van der Waals surface area contributed by atoms with Gasteiger partial charge in [-0.2, -0.15) is 0 Å². The predicted octanol–water partition coefficient (Wildman–Crippen LogP) is 5.02. The third-order valence-electron chi connectivity index (χ3n) is 5.90. The molecule has 7 nitrogen and oxygen atoms in total. The van der Waals surface area contributed by atoms with E-state index in [1.165, 1.54) is 0 Å². The first-order valence-electron chi connectivity index (χ1n) is 12.5. The van der Waals surface area contributed by atoms with Gasteiger partial charge in [-0.15, -0.1) is 0 Å². The molecular formula is C30H39N3O4. The molecule has 2 N–H and O–H groups in total. The van der Waals surface area contributed by atoms with E-state index in [9.17, 15) is 14.4 Å². The number of amides is 3. The summed E-state index contributed by atoms with van der Waals surface area (Å²) in [5.74, 6) is -1.23. The molecule has 198 valence electrons. The van der Waals surface area contributed by atoms with E-state index in [0.29, 0.717) is 12.0 Å². The van der Waals surface area contributed by atoms with E-state index < -0.39 is 35.6 Å². The molecule has 2 aromatic rings. The van der Waals surface area contributed by atoms with Gasteiger partial charge in [-0.05, 0) is 51.7 Å². The van der Waals surface area contributed by atoms with E-state index in [-0.39, 0.29) is 12.5 Å². The fourth-order valence-electron chi connectivity index (χ4n) is 4.00. The smallest absolute Gasteiger partial charge is 0.408 e. The summed E-state index contributed by atoms with van der Waals surface area (Å²) in [7, 11) is 0. The standard InChI is InChI=1S/C30H39N3O4/c1-9-22(5)25(32-29(36)37-30(6,7)8)28(35)33(10-2)26(24-17-20(3)16-21(4)18-24)27(34)31-19-23-14-12-11-13-15-23/h2,11-18,22,25-26H,9,19H2,1,3-8H3,(H,31,34)(H,32,36). The van der Waals surface area contributed by atoms with Crippen LogP contribution in [0.25, 0.3) is 0 Å². The summed E-state index contributed by atoms with van der Waals surface area (Å²) >= 11 is 0. The van der Waals surface area contributed by atoms with E-state index in [1.807, 2.05) is 76.2 Å². The molecule has 0 saturated heterocycles. The first-order chi connectivity index (χ1) is 17.4. The Bertz CT molecular complexity index is 1110. The van der Waals surface area contributed by atoms with Crippen molar-refractivity contribution < 1.29 is 19.1 Å². The lowest BCUT2D eigenvalue weighted by Crippen LogP contribution is -2.53. The SMILES string of the molecule is C#CN(C(=O)C(NC(=O)OC(C)(C)C)C(C)CC)C(C(=O)NCc1ccccc1)c1cc(C)cc(C)c1. The first-order valence-corrected chi connectivity index (χ1v) is 12.5. The topological polar surface area (TPSA) is 87.7 Å². The first kappa shape index (κ1) is 29.4. The Balaban J connectivity index is 2.45. The Morgan fingerprint density at radius 2 is 1.65 bits per heavy atom. The summed E-state index contributed by atoms with van der Waals surface area (Å²) in [6, 6.07) is 15.5. The van der Waals surface area contributed by atoms with Gasteiger partial charge in [0.05, 0.1) is 0 Å². The average molecular weight is 506 g/mol. The van der Waals surface area contributed by atoms with Gasteiger partial charge < -0.3 is 15.4 Å². The van der Waals surface area contributed by atoms with Gasteiger partial charge in [0.25, 0.3) is 5.91 Å². The van der Waals surface area contributed by atoms with Crippen LogP contribution in [-0.2, 0) is 20.9 Å². The number of alkyl carbamates (subject to hydrolysis) is 1. The maximum atomic E-state index is 13.9.